The lowest BCUT2D eigenvalue weighted by Gasteiger charge is -2.34. The number of hydrogen-bond acceptors (Lipinski definition) is 18. The molecule has 0 atom stereocenters. The van der Waals surface area contributed by atoms with Crippen molar-refractivity contribution in [2.45, 2.75) is 130 Å². The van der Waals surface area contributed by atoms with Crippen LogP contribution in [0.3, 0.4) is 0 Å². The van der Waals surface area contributed by atoms with E-state index in [0.717, 1.165) is 181 Å². The Bertz CT molecular complexity index is 3990. The Morgan fingerprint density at radius 2 is 0.733 bits per heavy atom. The molecule has 0 unspecified atom stereocenters. The monoisotopic (exact) mass is 1390 g/mol. The summed E-state index contributed by atoms with van der Waals surface area (Å²) < 4.78 is 22.0. The molecule has 5 N–H and O–H groups in total. The van der Waals surface area contributed by atoms with Gasteiger partial charge in [-0.25, -0.2) is 24.5 Å². The number of rotatable bonds is 7. The highest BCUT2D eigenvalue weighted by Gasteiger charge is 2.39. The van der Waals surface area contributed by atoms with Gasteiger partial charge in [-0.3, -0.25) is 27.8 Å². The Balaban J connectivity index is 0.000000135. The highest BCUT2D eigenvalue weighted by atomic mass is 16.5. The van der Waals surface area contributed by atoms with Gasteiger partial charge in [0, 0.05) is 74.2 Å². The minimum absolute atomic E-state index is 0. The first kappa shape index (κ1) is 74.0. The summed E-state index contributed by atoms with van der Waals surface area (Å²) in [6.45, 7) is 20.0. The Labute approximate surface area is 595 Å². The second-order valence-electron chi connectivity index (χ2n) is 26.7. The SMILES string of the molecule is C.CC.COc1c(O)cc(N2CCC[N+]3=C2CCCCC3)c([O-])c1OC.C[N+]1=C2N(CCCC1)CCCN2c1cc(O)ccc1[O-].[O-]c1c(N2CCC[N+]3=C2CCC3)cc(O)c2ccccc12.[O-]c1ccc(O)cc1N1CCC[N+]2=C1CCC2.[O-]c1ccc(O)cc1N1CCC[N+]2=C1CCC2. The third-order valence-electron chi connectivity index (χ3n) is 20.4. The normalized spacial score (nSPS) is 18.6. The number of fused-ring (bicyclic) bond motifs is 2. The van der Waals surface area contributed by atoms with E-state index < -0.39 is 0 Å². The fourth-order valence-corrected chi connectivity index (χ4v) is 15.9. The van der Waals surface area contributed by atoms with E-state index in [1.54, 1.807) is 36.4 Å². The lowest BCUT2D eigenvalue weighted by atomic mass is 10.1. The summed E-state index contributed by atoms with van der Waals surface area (Å²) in [5.41, 5.74) is 2.91. The van der Waals surface area contributed by atoms with Gasteiger partial charge in [0.1, 0.15) is 45.7 Å². The van der Waals surface area contributed by atoms with E-state index in [9.17, 15) is 51.1 Å². The largest absolute Gasteiger partial charge is 0.870 e. The Morgan fingerprint density at radius 3 is 1.21 bits per heavy atom. The number of guanidine groups is 1. The summed E-state index contributed by atoms with van der Waals surface area (Å²) in [7, 11) is 4.92. The first-order chi connectivity index (χ1) is 48.6. The summed E-state index contributed by atoms with van der Waals surface area (Å²) in [6.07, 6.45) is 18.7. The van der Waals surface area contributed by atoms with Crippen molar-refractivity contribution in [1.29, 1.82) is 0 Å². The summed E-state index contributed by atoms with van der Waals surface area (Å²) in [5.74, 6) is 6.53. The first-order valence-corrected chi connectivity index (χ1v) is 36.3. The molecule has 0 bridgehead atoms. The van der Waals surface area contributed by atoms with Crippen molar-refractivity contribution in [1.82, 2.24) is 4.90 Å². The highest BCUT2D eigenvalue weighted by molar-refractivity contribution is 6.04. The lowest BCUT2D eigenvalue weighted by Crippen LogP contribution is -2.54. The van der Waals surface area contributed by atoms with E-state index >= 15 is 0 Å². The average molecular weight is 1390 g/mol. The van der Waals surface area contributed by atoms with E-state index in [1.165, 1.54) is 119 Å². The number of ether oxygens (including phenoxy) is 2. The molecule has 16 rings (SSSR count). The van der Waals surface area contributed by atoms with E-state index in [4.69, 9.17) is 9.47 Å². The molecular formula is C78H105N11O12. The molecule has 0 aromatic heterocycles. The van der Waals surface area contributed by atoms with Gasteiger partial charge in [0.25, 0.3) is 23.3 Å². The molecule has 23 heteroatoms. The van der Waals surface area contributed by atoms with Gasteiger partial charge in [-0.15, -0.1) is 0 Å². The molecule has 0 spiro atoms. The summed E-state index contributed by atoms with van der Waals surface area (Å²) in [4.78, 5) is 12.8. The minimum atomic E-state index is -0.235. The van der Waals surface area contributed by atoms with Crippen molar-refractivity contribution >= 4 is 68.5 Å². The van der Waals surface area contributed by atoms with Crippen LogP contribution in [0.25, 0.3) is 10.8 Å². The molecule has 0 saturated carbocycles. The lowest BCUT2D eigenvalue weighted by molar-refractivity contribution is -0.532. The van der Waals surface area contributed by atoms with Crippen molar-refractivity contribution in [3.63, 3.8) is 0 Å². The van der Waals surface area contributed by atoms with Crippen LogP contribution in [0.2, 0.25) is 0 Å². The van der Waals surface area contributed by atoms with Gasteiger partial charge >= 0.3 is 5.96 Å². The zero-order valence-electron chi connectivity index (χ0n) is 59.0. The van der Waals surface area contributed by atoms with Crippen LogP contribution < -0.4 is 59.5 Å². The standard InChI is InChI=1S/C17H24N2O4.C17H18N2O2.C15H21N3O2.2C13H16N2O2.C2H6.CH4/c1-22-16-13(20)11-12(15(21)17(16)23-2)19-10-6-9-18-8-5-3-4-7-14(18)19;20-15-11-14(17(21)13-6-2-1-5-12(13)15)19-10-4-9-18-8-3-7-16(18)19;1-16-7-2-3-8-17-9-4-10-18(15(16)17)13-11-12(19)5-6-14(13)20;2*16-10-4-5-12(17)11(9-10)15-8-2-7-14-6-1-3-13(14)15;1-2;/h11H,3-10H2,1-2H3,(H-,20,21);1-2,5-6,11H,3-4,7-10H2,(H-,20,21);5-6,11H,2-4,7-10H2,1H3,(H-,19,20);2*4-5,9H,1-3,6-8H2,(H-,16,17);1-2H3;1H4. The fraction of sp³-hybridized carbons (Fsp3) is 0.500. The number of nitrogens with zero attached hydrogens (tertiary/aromatic N) is 11. The molecule has 1 saturated heterocycles. The van der Waals surface area contributed by atoms with Crippen LogP contribution in [0.15, 0.2) is 91.0 Å². The van der Waals surface area contributed by atoms with Gasteiger partial charge < -0.3 is 60.5 Å². The zero-order valence-corrected chi connectivity index (χ0v) is 59.0. The maximum atomic E-state index is 12.8. The van der Waals surface area contributed by atoms with Crippen LogP contribution in [0.5, 0.6) is 69.0 Å². The Morgan fingerprint density at radius 1 is 0.356 bits per heavy atom. The third kappa shape index (κ3) is 16.4. The third-order valence-corrected chi connectivity index (χ3v) is 20.4. The Kier molecular flexibility index (Phi) is 25.0. The van der Waals surface area contributed by atoms with Crippen molar-refractivity contribution < 1.29 is 83.4 Å². The molecule has 544 valence electrons. The summed E-state index contributed by atoms with van der Waals surface area (Å²) >= 11 is 0. The van der Waals surface area contributed by atoms with Crippen LogP contribution in [0.1, 0.15) is 130 Å². The minimum Gasteiger partial charge on any atom is -0.870 e. The molecule has 0 amide bonds. The molecule has 0 radical (unpaired) electrons. The molecular weight excluding hydrogens is 1280 g/mol. The topological polar surface area (TPSA) is 269 Å². The maximum Gasteiger partial charge on any atom is 0.355 e. The smallest absolute Gasteiger partial charge is 0.355 e. The predicted octanol–water partition coefficient (Wildman–Crippen LogP) is 7.91. The Hall–Kier alpha value is -9.67. The van der Waals surface area contributed by atoms with Gasteiger partial charge in [-0.05, 0) is 80.7 Å². The second kappa shape index (κ2) is 34.1. The van der Waals surface area contributed by atoms with E-state index in [-0.39, 0.29) is 76.4 Å². The van der Waals surface area contributed by atoms with Crippen LogP contribution >= 0.6 is 0 Å². The number of hydrogen-bond donors (Lipinski definition) is 5. The zero-order chi connectivity index (χ0) is 70.6. The molecule has 1 fully saturated rings. The summed E-state index contributed by atoms with van der Waals surface area (Å²) in [5, 5.41) is 112. The average Bonchev–Trinajstić information content (AvgIpc) is 1.48. The molecule has 6 aromatic carbocycles. The number of phenolic OH excluding ortho intramolecular Hbond substituents is 5. The highest BCUT2D eigenvalue weighted by Crippen LogP contribution is 2.49. The van der Waals surface area contributed by atoms with Gasteiger partial charge in [-0.2, -0.15) is 0 Å². The number of anilines is 5. The van der Waals surface area contributed by atoms with Gasteiger partial charge in [0.2, 0.25) is 5.75 Å². The first-order valence-electron chi connectivity index (χ1n) is 36.3. The van der Waals surface area contributed by atoms with E-state index in [1.807, 2.05) is 26.0 Å². The van der Waals surface area contributed by atoms with E-state index in [0.29, 0.717) is 39.2 Å². The molecule has 23 nitrogen and oxygen atoms in total. The van der Waals surface area contributed by atoms with Crippen molar-refractivity contribution in [2.24, 2.45) is 0 Å². The predicted molar refractivity (Wildman–Crippen MR) is 389 cm³/mol. The van der Waals surface area contributed by atoms with E-state index in [2.05, 4.69) is 59.3 Å². The van der Waals surface area contributed by atoms with Crippen LogP contribution in [-0.2, 0) is 0 Å². The molecule has 10 heterocycles. The van der Waals surface area contributed by atoms with Crippen molar-refractivity contribution in [3.8, 4) is 69.0 Å². The van der Waals surface area contributed by atoms with Gasteiger partial charge in [0.15, 0.2) is 11.5 Å². The van der Waals surface area contributed by atoms with Crippen molar-refractivity contribution in [3.05, 3.63) is 91.0 Å². The van der Waals surface area contributed by atoms with Crippen LogP contribution in [0, 0.1) is 0 Å². The number of aromatic hydroxyl groups is 5. The molecule has 6 aromatic rings. The molecule has 101 heavy (non-hydrogen) atoms. The van der Waals surface area contributed by atoms with Crippen LogP contribution in [0.4, 0.5) is 28.4 Å². The van der Waals surface area contributed by atoms with Crippen molar-refractivity contribution in [2.75, 3.05) is 150 Å². The van der Waals surface area contributed by atoms with Gasteiger partial charge in [0.05, 0.1) is 151 Å². The number of amidine groups is 4. The van der Waals surface area contributed by atoms with Crippen LogP contribution in [-0.4, -0.2) is 209 Å². The molecule has 0 aliphatic carbocycles. The number of benzene rings is 6. The molecule has 10 aliphatic rings. The second-order valence-corrected chi connectivity index (χ2v) is 26.7. The molecule has 10 aliphatic heterocycles. The summed E-state index contributed by atoms with van der Waals surface area (Å²) in [6, 6.07) is 23.8. The fourth-order valence-electron chi connectivity index (χ4n) is 15.9. The quantitative estimate of drug-likeness (QED) is 0.0950. The van der Waals surface area contributed by atoms with Gasteiger partial charge in [-0.1, -0.05) is 86.7 Å². The maximum absolute atomic E-state index is 12.8. The number of methoxy groups -OCH3 is 2. The number of phenols is 5.